The van der Waals surface area contributed by atoms with E-state index in [4.69, 9.17) is 0 Å². The fraction of sp³-hybridized carbons (Fsp3) is 0.188. The van der Waals surface area contributed by atoms with Gasteiger partial charge in [-0.25, -0.2) is 0 Å². The van der Waals surface area contributed by atoms with Crippen molar-refractivity contribution >= 4 is 5.78 Å². The van der Waals surface area contributed by atoms with Gasteiger partial charge < -0.3 is 0 Å². The minimum absolute atomic E-state index is 0.289. The minimum atomic E-state index is 0.289. The Morgan fingerprint density at radius 1 is 0.941 bits per heavy atom. The Morgan fingerprint density at radius 3 is 2.47 bits per heavy atom. The first-order valence-corrected chi connectivity index (χ1v) is 5.98. The largest absolute Gasteiger partial charge is 0.294 e. The lowest BCUT2D eigenvalue weighted by Gasteiger charge is -2.11. The molecule has 0 bridgehead atoms. The standard InChI is InChI=1S/C16H14O/c1-11-7-8-13-14(9-10-15(13)17)16(11)12-5-3-2-4-6-12/h2-8H,9-10H2,1H3. The van der Waals surface area contributed by atoms with Crippen molar-refractivity contribution in [3.8, 4) is 11.1 Å². The highest BCUT2D eigenvalue weighted by Gasteiger charge is 2.23. The van der Waals surface area contributed by atoms with Crippen LogP contribution in [0.2, 0.25) is 0 Å². The average Bonchev–Trinajstić information content (AvgIpc) is 2.72. The molecule has 0 spiro atoms. The number of ketones is 1. The van der Waals surface area contributed by atoms with Crippen LogP contribution in [0, 0.1) is 6.92 Å². The Bertz CT molecular complexity index is 582. The van der Waals surface area contributed by atoms with Gasteiger partial charge in [-0.2, -0.15) is 0 Å². The molecule has 0 saturated heterocycles. The fourth-order valence-corrected chi connectivity index (χ4v) is 2.67. The van der Waals surface area contributed by atoms with Crippen LogP contribution in [0.25, 0.3) is 11.1 Å². The summed E-state index contributed by atoms with van der Waals surface area (Å²) in [5.74, 6) is 0.289. The van der Waals surface area contributed by atoms with Gasteiger partial charge in [-0.1, -0.05) is 42.5 Å². The van der Waals surface area contributed by atoms with Crippen molar-refractivity contribution in [2.75, 3.05) is 0 Å². The highest BCUT2D eigenvalue weighted by atomic mass is 16.1. The van der Waals surface area contributed by atoms with Gasteiger partial charge >= 0.3 is 0 Å². The van der Waals surface area contributed by atoms with Crippen LogP contribution in [0.15, 0.2) is 42.5 Å². The molecule has 17 heavy (non-hydrogen) atoms. The van der Waals surface area contributed by atoms with Crippen LogP contribution in [0.5, 0.6) is 0 Å². The first kappa shape index (κ1) is 10.3. The lowest BCUT2D eigenvalue weighted by molar-refractivity contribution is 0.0994. The van der Waals surface area contributed by atoms with E-state index in [0.29, 0.717) is 6.42 Å². The highest BCUT2D eigenvalue weighted by Crippen LogP contribution is 2.34. The number of aryl methyl sites for hydroxylation is 1. The number of hydrogen-bond donors (Lipinski definition) is 0. The van der Waals surface area contributed by atoms with Crippen molar-refractivity contribution in [3.05, 3.63) is 59.2 Å². The Balaban J connectivity index is 2.27. The minimum Gasteiger partial charge on any atom is -0.294 e. The molecule has 0 atom stereocenters. The molecule has 0 aliphatic heterocycles. The molecule has 0 aromatic heterocycles. The molecule has 0 amide bonds. The predicted octanol–water partition coefficient (Wildman–Crippen LogP) is 3.79. The Labute approximate surface area is 101 Å². The summed E-state index contributed by atoms with van der Waals surface area (Å²) in [6, 6.07) is 14.4. The molecule has 1 aliphatic carbocycles. The quantitative estimate of drug-likeness (QED) is 0.717. The maximum atomic E-state index is 11.8. The van der Waals surface area contributed by atoms with Gasteiger partial charge in [0.25, 0.3) is 0 Å². The molecule has 1 aliphatic rings. The summed E-state index contributed by atoms with van der Waals surface area (Å²) in [7, 11) is 0. The van der Waals surface area contributed by atoms with Crippen molar-refractivity contribution in [1.29, 1.82) is 0 Å². The van der Waals surface area contributed by atoms with Crippen molar-refractivity contribution in [2.24, 2.45) is 0 Å². The van der Waals surface area contributed by atoms with Crippen LogP contribution >= 0.6 is 0 Å². The Morgan fingerprint density at radius 2 is 1.71 bits per heavy atom. The number of carbonyl (C=O) groups is 1. The Kier molecular flexibility index (Phi) is 2.32. The second-order valence-electron chi connectivity index (χ2n) is 4.57. The van der Waals surface area contributed by atoms with Gasteiger partial charge in [-0.3, -0.25) is 4.79 Å². The summed E-state index contributed by atoms with van der Waals surface area (Å²) in [6.45, 7) is 2.12. The van der Waals surface area contributed by atoms with Crippen LogP contribution < -0.4 is 0 Å². The first-order chi connectivity index (χ1) is 8.27. The zero-order chi connectivity index (χ0) is 11.8. The van der Waals surface area contributed by atoms with Gasteiger partial charge in [0.2, 0.25) is 0 Å². The van der Waals surface area contributed by atoms with Crippen LogP contribution in [-0.4, -0.2) is 5.78 Å². The number of hydrogen-bond acceptors (Lipinski definition) is 1. The first-order valence-electron chi connectivity index (χ1n) is 5.98. The third-order valence-electron chi connectivity index (χ3n) is 3.49. The molecule has 1 nitrogen and oxygen atoms in total. The fourth-order valence-electron chi connectivity index (χ4n) is 2.67. The summed E-state index contributed by atoms with van der Waals surface area (Å²) in [5, 5.41) is 0. The summed E-state index contributed by atoms with van der Waals surface area (Å²) in [5.41, 5.74) is 5.89. The molecular weight excluding hydrogens is 208 g/mol. The van der Waals surface area contributed by atoms with Crippen LogP contribution in [0.1, 0.15) is 27.9 Å². The van der Waals surface area contributed by atoms with Gasteiger partial charge in [0.05, 0.1) is 0 Å². The zero-order valence-corrected chi connectivity index (χ0v) is 9.86. The highest BCUT2D eigenvalue weighted by molar-refractivity contribution is 6.02. The van der Waals surface area contributed by atoms with Crippen molar-refractivity contribution in [3.63, 3.8) is 0 Å². The number of Topliss-reactive ketones (excluding diaryl/α,β-unsaturated/α-hetero) is 1. The van der Waals surface area contributed by atoms with Crippen LogP contribution in [0.4, 0.5) is 0 Å². The molecule has 0 saturated carbocycles. The molecular formula is C16H14O. The lowest BCUT2D eigenvalue weighted by Crippen LogP contribution is -1.95. The molecule has 3 rings (SSSR count). The van der Waals surface area contributed by atoms with Gasteiger partial charge in [0, 0.05) is 12.0 Å². The molecule has 2 aromatic rings. The van der Waals surface area contributed by atoms with E-state index < -0.39 is 0 Å². The SMILES string of the molecule is Cc1ccc2c(c1-c1ccccc1)CCC2=O. The van der Waals surface area contributed by atoms with Crippen LogP contribution in [-0.2, 0) is 6.42 Å². The third-order valence-corrected chi connectivity index (χ3v) is 3.49. The topological polar surface area (TPSA) is 17.1 Å². The number of carbonyl (C=O) groups excluding carboxylic acids is 1. The monoisotopic (exact) mass is 222 g/mol. The zero-order valence-electron chi connectivity index (χ0n) is 9.86. The molecule has 0 N–H and O–H groups in total. The molecule has 1 heteroatoms. The third kappa shape index (κ3) is 1.59. The van der Waals surface area contributed by atoms with E-state index in [1.807, 2.05) is 24.3 Å². The molecule has 2 aromatic carbocycles. The van der Waals surface area contributed by atoms with E-state index in [2.05, 4.69) is 25.1 Å². The molecule has 84 valence electrons. The van der Waals surface area contributed by atoms with E-state index in [9.17, 15) is 4.79 Å². The van der Waals surface area contributed by atoms with Crippen LogP contribution in [0.3, 0.4) is 0 Å². The van der Waals surface area contributed by atoms with Crippen molar-refractivity contribution < 1.29 is 4.79 Å². The number of benzene rings is 2. The summed E-state index contributed by atoms with van der Waals surface area (Å²) >= 11 is 0. The smallest absolute Gasteiger partial charge is 0.163 e. The molecule has 0 heterocycles. The summed E-state index contributed by atoms with van der Waals surface area (Å²) < 4.78 is 0. The van der Waals surface area contributed by atoms with Gasteiger partial charge in [-0.05, 0) is 35.6 Å². The van der Waals surface area contributed by atoms with Gasteiger partial charge in [0.1, 0.15) is 0 Å². The summed E-state index contributed by atoms with van der Waals surface area (Å²) in [6.07, 6.45) is 1.55. The van der Waals surface area contributed by atoms with Gasteiger partial charge in [-0.15, -0.1) is 0 Å². The normalized spacial score (nSPS) is 13.8. The van der Waals surface area contributed by atoms with E-state index in [1.165, 1.54) is 22.3 Å². The van der Waals surface area contributed by atoms with E-state index in [0.717, 1.165) is 12.0 Å². The second kappa shape index (κ2) is 3.85. The van der Waals surface area contributed by atoms with Crippen molar-refractivity contribution in [1.82, 2.24) is 0 Å². The molecule has 0 fully saturated rings. The average molecular weight is 222 g/mol. The molecule has 0 unspecified atom stereocenters. The van der Waals surface area contributed by atoms with E-state index in [1.54, 1.807) is 0 Å². The summed E-state index contributed by atoms with van der Waals surface area (Å²) in [4.78, 5) is 11.8. The number of fused-ring (bicyclic) bond motifs is 1. The predicted molar refractivity (Wildman–Crippen MR) is 69.3 cm³/mol. The number of rotatable bonds is 1. The van der Waals surface area contributed by atoms with Gasteiger partial charge in [0.15, 0.2) is 5.78 Å². The maximum absolute atomic E-state index is 11.8. The second-order valence-corrected chi connectivity index (χ2v) is 4.57. The van der Waals surface area contributed by atoms with Crippen molar-refractivity contribution in [2.45, 2.75) is 19.8 Å². The Hall–Kier alpha value is -1.89. The molecule has 0 radical (unpaired) electrons. The maximum Gasteiger partial charge on any atom is 0.163 e. The van der Waals surface area contributed by atoms with E-state index in [-0.39, 0.29) is 5.78 Å². The van der Waals surface area contributed by atoms with E-state index >= 15 is 0 Å². The lowest BCUT2D eigenvalue weighted by atomic mass is 9.92.